The van der Waals surface area contributed by atoms with Crippen LogP contribution in [0.2, 0.25) is 0 Å². The van der Waals surface area contributed by atoms with Crippen LogP contribution in [0.1, 0.15) is 31.2 Å². The minimum absolute atomic E-state index is 0.288. The first-order valence-electron chi connectivity index (χ1n) is 6.32. The minimum atomic E-state index is -4.64. The molecule has 2 rings (SSSR count). The molecule has 1 aromatic carbocycles. The number of rotatable bonds is 3. The number of ether oxygens (including phenoxy) is 1. The highest BCUT2D eigenvalue weighted by molar-refractivity contribution is 5.26. The van der Waals surface area contributed by atoms with Crippen LogP contribution in [0.25, 0.3) is 0 Å². The average Bonchev–Trinajstić information content (AvgIpc) is 2.39. The van der Waals surface area contributed by atoms with Gasteiger partial charge in [-0.25, -0.2) is 4.39 Å². The fourth-order valence-corrected chi connectivity index (χ4v) is 2.66. The van der Waals surface area contributed by atoms with Crippen LogP contribution < -0.4 is 0 Å². The highest BCUT2D eigenvalue weighted by Crippen LogP contribution is 2.41. The molecule has 1 aromatic rings. The average molecular weight is 276 g/mol. The zero-order valence-corrected chi connectivity index (χ0v) is 10.4. The van der Waals surface area contributed by atoms with Crippen molar-refractivity contribution in [1.82, 2.24) is 0 Å². The minimum Gasteiger partial charge on any atom is -0.291 e. The molecule has 0 spiro atoms. The summed E-state index contributed by atoms with van der Waals surface area (Å²) in [6.45, 7) is -0.437. The summed E-state index contributed by atoms with van der Waals surface area (Å²) >= 11 is 0. The summed E-state index contributed by atoms with van der Waals surface area (Å²) in [6, 6.07) is 8.96. The van der Waals surface area contributed by atoms with Crippen LogP contribution in [0, 0.1) is 0 Å². The largest absolute Gasteiger partial charge is 0.522 e. The molecule has 0 N–H and O–H groups in total. The van der Waals surface area contributed by atoms with Crippen molar-refractivity contribution >= 4 is 0 Å². The van der Waals surface area contributed by atoms with Gasteiger partial charge in [0.1, 0.15) is 6.17 Å². The van der Waals surface area contributed by atoms with E-state index in [9.17, 15) is 17.6 Å². The number of alkyl halides is 4. The van der Waals surface area contributed by atoms with Crippen molar-refractivity contribution in [1.29, 1.82) is 0 Å². The van der Waals surface area contributed by atoms with E-state index in [1.165, 1.54) is 0 Å². The summed E-state index contributed by atoms with van der Waals surface area (Å²) in [5, 5.41) is 0. The molecule has 0 bridgehead atoms. The lowest BCUT2D eigenvalue weighted by Gasteiger charge is -2.38. The van der Waals surface area contributed by atoms with E-state index < -0.39 is 24.6 Å². The van der Waals surface area contributed by atoms with Crippen molar-refractivity contribution in [3.8, 4) is 0 Å². The Bertz CT molecular complexity index is 394. The van der Waals surface area contributed by atoms with Gasteiger partial charge in [0.25, 0.3) is 0 Å². The quantitative estimate of drug-likeness (QED) is 0.745. The molecule has 0 heterocycles. The van der Waals surface area contributed by atoms with E-state index in [4.69, 9.17) is 0 Å². The van der Waals surface area contributed by atoms with Crippen LogP contribution in [-0.2, 0) is 10.2 Å². The zero-order chi connectivity index (χ0) is 13.9. The number of hydrogen-bond donors (Lipinski definition) is 0. The number of hydrogen-bond acceptors (Lipinski definition) is 1. The predicted molar refractivity (Wildman–Crippen MR) is 63.5 cm³/mol. The third-order valence-electron chi connectivity index (χ3n) is 3.77. The molecule has 0 aliphatic heterocycles. The summed E-state index contributed by atoms with van der Waals surface area (Å²) in [7, 11) is 0. The molecule has 1 fully saturated rings. The number of benzene rings is 1. The van der Waals surface area contributed by atoms with E-state index in [0.29, 0.717) is 12.8 Å². The van der Waals surface area contributed by atoms with Crippen LogP contribution in [0.3, 0.4) is 0 Å². The van der Waals surface area contributed by atoms with Crippen molar-refractivity contribution in [3.63, 3.8) is 0 Å². The van der Waals surface area contributed by atoms with Gasteiger partial charge in [-0.15, -0.1) is 13.2 Å². The highest BCUT2D eigenvalue weighted by atomic mass is 19.4. The molecule has 19 heavy (non-hydrogen) atoms. The van der Waals surface area contributed by atoms with E-state index in [-0.39, 0.29) is 12.8 Å². The van der Waals surface area contributed by atoms with Gasteiger partial charge >= 0.3 is 6.36 Å². The normalized spacial score (nSPS) is 28.3. The van der Waals surface area contributed by atoms with Crippen molar-refractivity contribution in [3.05, 3.63) is 35.9 Å². The second-order valence-corrected chi connectivity index (χ2v) is 5.06. The summed E-state index contributed by atoms with van der Waals surface area (Å²) < 4.78 is 54.1. The summed E-state index contributed by atoms with van der Waals surface area (Å²) in [5.41, 5.74) is 0.0745. The van der Waals surface area contributed by atoms with Gasteiger partial charge < -0.3 is 0 Å². The van der Waals surface area contributed by atoms with Crippen LogP contribution in [-0.4, -0.2) is 19.1 Å². The molecule has 1 aliphatic rings. The lowest BCUT2D eigenvalue weighted by atomic mass is 9.69. The molecular weight excluding hydrogens is 260 g/mol. The first kappa shape index (κ1) is 14.3. The Kier molecular flexibility index (Phi) is 4.13. The van der Waals surface area contributed by atoms with E-state index in [2.05, 4.69) is 4.74 Å². The molecule has 0 amide bonds. The maximum Gasteiger partial charge on any atom is 0.522 e. The molecule has 106 valence electrons. The molecular formula is C14H16F4O. The third-order valence-corrected chi connectivity index (χ3v) is 3.77. The lowest BCUT2D eigenvalue weighted by molar-refractivity contribution is -0.330. The Morgan fingerprint density at radius 1 is 1.11 bits per heavy atom. The first-order valence-corrected chi connectivity index (χ1v) is 6.32. The van der Waals surface area contributed by atoms with Gasteiger partial charge in [-0.2, -0.15) is 0 Å². The molecule has 0 aromatic heterocycles. The summed E-state index contributed by atoms with van der Waals surface area (Å²) in [6.07, 6.45) is -4.22. The van der Waals surface area contributed by atoms with Gasteiger partial charge in [0.15, 0.2) is 0 Å². The van der Waals surface area contributed by atoms with E-state index in [0.717, 1.165) is 5.56 Å². The molecule has 0 atom stereocenters. The second kappa shape index (κ2) is 5.49. The first-order chi connectivity index (χ1) is 8.91. The van der Waals surface area contributed by atoms with Gasteiger partial charge in [0, 0.05) is 5.41 Å². The Balaban J connectivity index is 2.19. The fourth-order valence-electron chi connectivity index (χ4n) is 2.66. The molecule has 5 heteroatoms. The maximum absolute atomic E-state index is 13.3. The topological polar surface area (TPSA) is 9.23 Å². The summed E-state index contributed by atoms with van der Waals surface area (Å²) in [4.78, 5) is 0. The highest BCUT2D eigenvalue weighted by Gasteiger charge is 2.41. The van der Waals surface area contributed by atoms with Crippen LogP contribution in [0.15, 0.2) is 30.3 Å². The maximum atomic E-state index is 13.3. The van der Waals surface area contributed by atoms with Crippen molar-refractivity contribution < 1.29 is 22.3 Å². The van der Waals surface area contributed by atoms with E-state index in [1.807, 2.05) is 6.07 Å². The van der Waals surface area contributed by atoms with Crippen LogP contribution >= 0.6 is 0 Å². The van der Waals surface area contributed by atoms with Crippen LogP contribution in [0.4, 0.5) is 17.6 Å². The van der Waals surface area contributed by atoms with Crippen molar-refractivity contribution in [2.24, 2.45) is 0 Å². The van der Waals surface area contributed by atoms with Gasteiger partial charge in [0.2, 0.25) is 0 Å². The molecule has 1 aliphatic carbocycles. The Morgan fingerprint density at radius 3 is 2.21 bits per heavy atom. The number of halogens is 4. The molecule has 1 saturated carbocycles. The standard InChI is InChI=1S/C14H16F4O/c15-12-6-8-13(9-7-12,10-19-14(16,17)18)11-4-2-1-3-5-11/h1-5,12H,6-10H2. The summed E-state index contributed by atoms with van der Waals surface area (Å²) in [5.74, 6) is 0. The van der Waals surface area contributed by atoms with Crippen molar-refractivity contribution in [2.45, 2.75) is 43.6 Å². The third kappa shape index (κ3) is 3.69. The predicted octanol–water partition coefficient (Wildman–Crippen LogP) is 4.37. The molecule has 1 nitrogen and oxygen atoms in total. The monoisotopic (exact) mass is 276 g/mol. The molecule has 0 saturated heterocycles. The molecule has 0 radical (unpaired) electrons. The van der Waals surface area contributed by atoms with Crippen molar-refractivity contribution in [2.75, 3.05) is 6.61 Å². The van der Waals surface area contributed by atoms with Gasteiger partial charge in [-0.1, -0.05) is 30.3 Å². The smallest absolute Gasteiger partial charge is 0.291 e. The molecule has 0 unspecified atom stereocenters. The van der Waals surface area contributed by atoms with E-state index in [1.54, 1.807) is 24.3 Å². The van der Waals surface area contributed by atoms with E-state index >= 15 is 0 Å². The fraction of sp³-hybridized carbons (Fsp3) is 0.571. The van der Waals surface area contributed by atoms with Gasteiger partial charge in [-0.05, 0) is 31.2 Å². The zero-order valence-electron chi connectivity index (χ0n) is 10.4. The SMILES string of the molecule is FC1CCC(COC(F)(F)F)(c2ccccc2)CC1. The Morgan fingerprint density at radius 2 is 1.68 bits per heavy atom. The van der Waals surface area contributed by atoms with Gasteiger partial charge in [0.05, 0.1) is 6.61 Å². The van der Waals surface area contributed by atoms with Crippen LogP contribution in [0.5, 0.6) is 0 Å². The Hall–Kier alpha value is -1.10. The lowest BCUT2D eigenvalue weighted by Crippen LogP contribution is -2.38. The second-order valence-electron chi connectivity index (χ2n) is 5.06. The van der Waals surface area contributed by atoms with Gasteiger partial charge in [-0.3, -0.25) is 4.74 Å². The Labute approximate surface area is 109 Å².